The SMILES string of the molecule is c1ccc(-c2nc(-c3ccc4ccccc4c3)nc(-c3ccc(-c4ccc5oc6c(-c7ccc8ccccc8c7)c7ccccc7cc6c5c4)c4ccccc34)n2)cc1. The van der Waals surface area contributed by atoms with Crippen molar-refractivity contribution in [3.8, 4) is 56.4 Å². The van der Waals surface area contributed by atoms with Crippen molar-refractivity contribution in [2.75, 3.05) is 0 Å². The van der Waals surface area contributed by atoms with Crippen molar-refractivity contribution in [2.45, 2.75) is 0 Å². The van der Waals surface area contributed by atoms with Gasteiger partial charge in [-0.05, 0) is 96.2 Å². The molecule has 2 aromatic heterocycles. The van der Waals surface area contributed by atoms with Crippen molar-refractivity contribution in [1.82, 2.24) is 15.0 Å². The van der Waals surface area contributed by atoms with E-state index in [1.165, 1.54) is 26.9 Å². The summed E-state index contributed by atoms with van der Waals surface area (Å²) in [5.74, 6) is 1.91. The molecule has 10 aromatic carbocycles. The van der Waals surface area contributed by atoms with Gasteiger partial charge in [0.15, 0.2) is 17.5 Å². The van der Waals surface area contributed by atoms with Crippen LogP contribution in [0.3, 0.4) is 0 Å². The number of nitrogens with zero attached hydrogens (tertiary/aromatic N) is 3. The third-order valence-corrected chi connectivity index (χ3v) is 11.7. The van der Waals surface area contributed by atoms with Gasteiger partial charge in [-0.1, -0.05) is 164 Å². The largest absolute Gasteiger partial charge is 0.455 e. The number of rotatable bonds is 5. The minimum absolute atomic E-state index is 0.633. The highest BCUT2D eigenvalue weighted by atomic mass is 16.3. The number of furan rings is 1. The Morgan fingerprint density at radius 3 is 1.58 bits per heavy atom. The zero-order valence-corrected chi connectivity index (χ0v) is 31.8. The van der Waals surface area contributed by atoms with Crippen molar-refractivity contribution in [3.05, 3.63) is 200 Å². The van der Waals surface area contributed by atoms with Gasteiger partial charge in [-0.2, -0.15) is 0 Å². The van der Waals surface area contributed by atoms with Gasteiger partial charge in [0, 0.05) is 33.0 Å². The van der Waals surface area contributed by atoms with Crippen LogP contribution < -0.4 is 0 Å². The predicted molar refractivity (Wildman–Crippen MR) is 244 cm³/mol. The van der Waals surface area contributed by atoms with E-state index in [0.717, 1.165) is 77.0 Å². The Labute approximate surface area is 339 Å². The van der Waals surface area contributed by atoms with Gasteiger partial charge in [-0.15, -0.1) is 0 Å². The van der Waals surface area contributed by atoms with Gasteiger partial charge in [0.25, 0.3) is 0 Å². The monoisotopic (exact) mass is 751 g/mol. The summed E-state index contributed by atoms with van der Waals surface area (Å²) < 4.78 is 6.81. The molecule has 0 aliphatic carbocycles. The van der Waals surface area contributed by atoms with E-state index in [1.54, 1.807) is 0 Å². The molecule has 2 heterocycles. The summed E-state index contributed by atoms with van der Waals surface area (Å²) in [5, 5.41) is 11.5. The molecule has 12 aromatic rings. The third kappa shape index (κ3) is 5.57. The minimum atomic E-state index is 0.633. The fraction of sp³-hybridized carbons (Fsp3) is 0. The van der Waals surface area contributed by atoms with Crippen LogP contribution in [0, 0.1) is 0 Å². The molecular weight excluding hydrogens is 719 g/mol. The molecule has 4 nitrogen and oxygen atoms in total. The summed E-state index contributed by atoms with van der Waals surface area (Å²) in [6.45, 7) is 0. The third-order valence-electron chi connectivity index (χ3n) is 11.7. The minimum Gasteiger partial charge on any atom is -0.455 e. The number of hydrogen-bond acceptors (Lipinski definition) is 4. The van der Waals surface area contributed by atoms with Gasteiger partial charge in [-0.25, -0.2) is 15.0 Å². The van der Waals surface area contributed by atoms with E-state index in [0.29, 0.717) is 17.5 Å². The van der Waals surface area contributed by atoms with Crippen LogP contribution in [0.15, 0.2) is 205 Å². The normalized spacial score (nSPS) is 11.7. The van der Waals surface area contributed by atoms with E-state index in [4.69, 9.17) is 19.4 Å². The zero-order valence-electron chi connectivity index (χ0n) is 31.8. The molecule has 0 amide bonds. The molecule has 0 spiro atoms. The maximum atomic E-state index is 6.81. The smallest absolute Gasteiger partial charge is 0.164 e. The quantitative estimate of drug-likeness (QED) is 0.176. The summed E-state index contributed by atoms with van der Waals surface area (Å²) in [7, 11) is 0. The molecule has 59 heavy (non-hydrogen) atoms. The van der Waals surface area contributed by atoms with Crippen LogP contribution in [0.2, 0.25) is 0 Å². The molecule has 0 N–H and O–H groups in total. The first-order chi connectivity index (χ1) is 29.2. The fourth-order valence-corrected chi connectivity index (χ4v) is 8.79. The first-order valence-corrected chi connectivity index (χ1v) is 19.9. The Morgan fingerprint density at radius 2 is 0.831 bits per heavy atom. The summed E-state index contributed by atoms with van der Waals surface area (Å²) in [4.78, 5) is 15.3. The molecule has 12 rings (SSSR count). The van der Waals surface area contributed by atoms with Gasteiger partial charge in [0.1, 0.15) is 11.2 Å². The summed E-state index contributed by atoms with van der Waals surface area (Å²) in [5.41, 5.74) is 9.10. The molecule has 0 fully saturated rings. The predicted octanol–water partition coefficient (Wildman–Crippen LogP) is 14.7. The topological polar surface area (TPSA) is 51.8 Å². The Kier molecular flexibility index (Phi) is 7.50. The molecule has 0 aliphatic rings. The Bertz CT molecular complexity index is 3620. The lowest BCUT2D eigenvalue weighted by atomic mass is 9.92. The fourth-order valence-electron chi connectivity index (χ4n) is 8.79. The molecule has 0 saturated carbocycles. The van der Waals surface area contributed by atoms with Crippen molar-refractivity contribution in [2.24, 2.45) is 0 Å². The van der Waals surface area contributed by atoms with Crippen molar-refractivity contribution >= 4 is 65.0 Å². The van der Waals surface area contributed by atoms with Crippen LogP contribution in [0.25, 0.3) is 121 Å². The molecule has 0 radical (unpaired) electrons. The van der Waals surface area contributed by atoms with Gasteiger partial charge in [0.2, 0.25) is 0 Å². The second kappa shape index (κ2) is 13.3. The Morgan fingerprint density at radius 1 is 0.288 bits per heavy atom. The van der Waals surface area contributed by atoms with Gasteiger partial charge < -0.3 is 4.42 Å². The second-order valence-electron chi connectivity index (χ2n) is 15.2. The summed E-state index contributed by atoms with van der Waals surface area (Å²) in [6, 6.07) is 70.5. The van der Waals surface area contributed by atoms with Crippen molar-refractivity contribution < 1.29 is 4.42 Å². The highest BCUT2D eigenvalue weighted by Crippen LogP contribution is 2.44. The van der Waals surface area contributed by atoms with Gasteiger partial charge >= 0.3 is 0 Å². The van der Waals surface area contributed by atoms with Crippen molar-refractivity contribution in [1.29, 1.82) is 0 Å². The molecule has 0 atom stereocenters. The van der Waals surface area contributed by atoms with E-state index in [2.05, 4.69) is 170 Å². The number of hydrogen-bond donors (Lipinski definition) is 0. The van der Waals surface area contributed by atoms with Crippen LogP contribution in [-0.2, 0) is 0 Å². The first kappa shape index (κ1) is 33.2. The summed E-state index contributed by atoms with van der Waals surface area (Å²) in [6.07, 6.45) is 0. The van der Waals surface area contributed by atoms with Gasteiger partial charge in [0.05, 0.1) is 0 Å². The number of benzene rings is 10. The molecular formula is C55H33N3O. The van der Waals surface area contributed by atoms with E-state index < -0.39 is 0 Å². The first-order valence-electron chi connectivity index (χ1n) is 19.9. The second-order valence-corrected chi connectivity index (χ2v) is 15.2. The average molecular weight is 752 g/mol. The molecule has 0 aliphatic heterocycles. The maximum Gasteiger partial charge on any atom is 0.164 e. The highest BCUT2D eigenvalue weighted by Gasteiger charge is 2.20. The van der Waals surface area contributed by atoms with Crippen LogP contribution in [-0.4, -0.2) is 15.0 Å². The molecule has 4 heteroatoms. The zero-order chi connectivity index (χ0) is 38.9. The van der Waals surface area contributed by atoms with Crippen LogP contribution >= 0.6 is 0 Å². The molecule has 0 saturated heterocycles. The van der Waals surface area contributed by atoms with E-state index in [1.807, 2.05) is 30.3 Å². The van der Waals surface area contributed by atoms with Gasteiger partial charge in [-0.3, -0.25) is 0 Å². The van der Waals surface area contributed by atoms with Crippen LogP contribution in [0.1, 0.15) is 0 Å². The lowest BCUT2D eigenvalue weighted by Gasteiger charge is -2.13. The van der Waals surface area contributed by atoms with E-state index >= 15 is 0 Å². The number of aromatic nitrogens is 3. The number of fused-ring (bicyclic) bond motifs is 7. The standard InChI is InChI=1S/C55H33N3O/c1-2-14-36(15-3-1)53-56-54(42-25-23-35-13-5-7-17-38(35)31-42)58-55(57-53)47-28-27-43(45-20-10-11-21-46(45)47)40-26-29-50-48(32-40)49-33-39-18-8-9-19-44(39)51(52(49)59-50)41-24-22-34-12-4-6-16-37(34)30-41/h1-33H. The Balaban J connectivity index is 1.03. The average Bonchev–Trinajstić information content (AvgIpc) is 3.67. The highest BCUT2D eigenvalue weighted by molar-refractivity contribution is 6.19. The summed E-state index contributed by atoms with van der Waals surface area (Å²) >= 11 is 0. The van der Waals surface area contributed by atoms with E-state index in [-0.39, 0.29) is 0 Å². The van der Waals surface area contributed by atoms with Crippen LogP contribution in [0.5, 0.6) is 0 Å². The van der Waals surface area contributed by atoms with Crippen LogP contribution in [0.4, 0.5) is 0 Å². The maximum absolute atomic E-state index is 6.81. The molecule has 0 bridgehead atoms. The van der Waals surface area contributed by atoms with E-state index in [9.17, 15) is 0 Å². The molecule has 0 unspecified atom stereocenters. The van der Waals surface area contributed by atoms with Crippen molar-refractivity contribution in [3.63, 3.8) is 0 Å². The lowest BCUT2D eigenvalue weighted by Crippen LogP contribution is -2.00. The Hall–Kier alpha value is -7.95. The lowest BCUT2D eigenvalue weighted by molar-refractivity contribution is 0.670. The molecule has 274 valence electrons.